The molecule has 1 aromatic carbocycles. The molecule has 1 saturated heterocycles. The molecule has 132 valence electrons. The first-order valence-corrected chi connectivity index (χ1v) is 11.0. The highest BCUT2D eigenvalue weighted by molar-refractivity contribution is 8.25. The third-order valence-electron chi connectivity index (χ3n) is 4.20. The van der Waals surface area contributed by atoms with Crippen LogP contribution in [-0.2, 0) is 11.2 Å². The second-order valence-corrected chi connectivity index (χ2v) is 9.28. The summed E-state index contributed by atoms with van der Waals surface area (Å²) in [5.74, 6) is 0.407. The fourth-order valence-electron chi connectivity index (χ4n) is 3.01. The quantitative estimate of drug-likeness (QED) is 0.680. The molecule has 1 aliphatic rings. The van der Waals surface area contributed by atoms with Crippen LogP contribution in [-0.4, -0.2) is 46.8 Å². The second kappa shape index (κ2) is 6.19. The van der Waals surface area contributed by atoms with Gasteiger partial charge in [0.05, 0.1) is 28.8 Å². The lowest BCUT2D eigenvalue weighted by molar-refractivity contribution is 0.491. The molecule has 0 amide bonds. The van der Waals surface area contributed by atoms with Crippen LogP contribution >= 0.6 is 10.8 Å². The minimum absolute atomic E-state index is 0.273. The molecule has 3 heterocycles. The maximum absolute atomic E-state index is 11.7. The average molecular weight is 378 g/mol. The van der Waals surface area contributed by atoms with Gasteiger partial charge in [0.25, 0.3) is 0 Å². The third-order valence-corrected chi connectivity index (χ3v) is 6.83. The molecule has 1 fully saturated rings. The van der Waals surface area contributed by atoms with Crippen LogP contribution in [0.5, 0.6) is 0 Å². The molecule has 25 heavy (non-hydrogen) atoms. The van der Waals surface area contributed by atoms with Gasteiger partial charge in [-0.1, -0.05) is 17.2 Å². The van der Waals surface area contributed by atoms with Gasteiger partial charge in [0.1, 0.15) is 6.26 Å². The Morgan fingerprint density at radius 2 is 2.08 bits per heavy atom. The number of nitrogens with zero attached hydrogens (tertiary/aromatic N) is 4. The fraction of sp³-hybridized carbons (Fsp3) is 0.250. The normalized spacial score (nSPS) is 19.3. The first-order chi connectivity index (χ1) is 12.0. The Morgan fingerprint density at radius 3 is 2.80 bits per heavy atom. The topological polar surface area (TPSA) is 97.0 Å². The number of fused-ring (bicyclic) bond motifs is 1. The van der Waals surface area contributed by atoms with E-state index in [1.165, 1.54) is 0 Å². The lowest BCUT2D eigenvalue weighted by Crippen LogP contribution is -2.21. The highest BCUT2D eigenvalue weighted by Crippen LogP contribution is 2.51. The molecule has 4 rings (SSSR count). The highest BCUT2D eigenvalue weighted by Gasteiger charge is 2.29. The summed E-state index contributed by atoms with van der Waals surface area (Å²) in [5.41, 5.74) is 3.31. The van der Waals surface area contributed by atoms with E-state index in [4.69, 9.17) is 0 Å². The van der Waals surface area contributed by atoms with Crippen molar-refractivity contribution >= 4 is 33.2 Å². The minimum Gasteiger partial charge on any atom is -0.609 e. The van der Waals surface area contributed by atoms with E-state index in [2.05, 4.69) is 10.1 Å². The van der Waals surface area contributed by atoms with Crippen LogP contribution in [0.4, 0.5) is 5.69 Å². The number of hydrogen-bond acceptors (Lipinski definition) is 6. The number of rotatable bonds is 3. The Bertz CT molecular complexity index is 929. The summed E-state index contributed by atoms with van der Waals surface area (Å²) in [6.07, 6.45) is 3.96. The van der Waals surface area contributed by atoms with Gasteiger partial charge in [-0.3, -0.25) is 13.4 Å². The molecule has 2 aromatic heterocycles. The Balaban J connectivity index is 1.79. The van der Waals surface area contributed by atoms with Gasteiger partial charge < -0.3 is 4.55 Å². The fourth-order valence-corrected chi connectivity index (χ4v) is 5.02. The van der Waals surface area contributed by atoms with Crippen molar-refractivity contribution in [2.75, 3.05) is 22.9 Å². The largest absolute Gasteiger partial charge is 0.609 e. The van der Waals surface area contributed by atoms with E-state index in [-0.39, 0.29) is 5.16 Å². The van der Waals surface area contributed by atoms with Crippen molar-refractivity contribution < 1.29 is 13.7 Å². The molecule has 0 radical (unpaired) electrons. The van der Waals surface area contributed by atoms with Gasteiger partial charge in [-0.05, 0) is 30.7 Å². The Kier molecular flexibility index (Phi) is 4.13. The monoisotopic (exact) mass is 378 g/mol. The first-order valence-electron chi connectivity index (χ1n) is 7.78. The van der Waals surface area contributed by atoms with Crippen molar-refractivity contribution in [2.24, 2.45) is 0 Å². The van der Waals surface area contributed by atoms with Crippen LogP contribution in [0.2, 0.25) is 0 Å². The van der Waals surface area contributed by atoms with Gasteiger partial charge in [-0.25, -0.2) is 4.52 Å². The highest BCUT2D eigenvalue weighted by atomic mass is 32.3. The Hall–Kier alpha value is -1.78. The number of aromatic nitrogens is 3. The second-order valence-electron chi connectivity index (χ2n) is 5.89. The van der Waals surface area contributed by atoms with Crippen molar-refractivity contribution in [3.05, 3.63) is 42.6 Å². The van der Waals surface area contributed by atoms with Crippen LogP contribution in [0.3, 0.4) is 0 Å². The van der Waals surface area contributed by atoms with Gasteiger partial charge in [0, 0.05) is 23.3 Å². The van der Waals surface area contributed by atoms with E-state index in [9.17, 15) is 13.7 Å². The van der Waals surface area contributed by atoms with Gasteiger partial charge in [0.2, 0.25) is 0 Å². The Morgan fingerprint density at radius 1 is 1.24 bits per heavy atom. The van der Waals surface area contributed by atoms with Crippen molar-refractivity contribution in [1.29, 1.82) is 0 Å². The van der Waals surface area contributed by atoms with E-state index in [1.54, 1.807) is 21.3 Å². The van der Waals surface area contributed by atoms with E-state index < -0.39 is 22.0 Å². The van der Waals surface area contributed by atoms with Crippen molar-refractivity contribution in [3.8, 4) is 11.3 Å². The van der Waals surface area contributed by atoms with Crippen molar-refractivity contribution in [1.82, 2.24) is 14.6 Å². The summed E-state index contributed by atoms with van der Waals surface area (Å²) in [7, 11) is -2.73. The lowest BCUT2D eigenvalue weighted by atomic mass is 10.1. The van der Waals surface area contributed by atoms with Gasteiger partial charge in [-0.15, -0.1) is 10.8 Å². The molecule has 0 spiro atoms. The molecule has 3 aromatic rings. The predicted octanol–water partition coefficient (Wildman–Crippen LogP) is 3.01. The predicted molar refractivity (Wildman–Crippen MR) is 100 cm³/mol. The molecule has 0 bridgehead atoms. The standard InChI is InChI=1S/C16H18N4O3S2/c1-24(21)16-17-11-14-6-7-15(20(14)18-16)12-4-2-5-13(10-12)19-8-3-9-25(19,22)23/h2,4-7,10-11,22-23H,3,8-9H2,1H3. The molecule has 0 aliphatic carbocycles. The maximum atomic E-state index is 11.7. The maximum Gasteiger partial charge on any atom is 0.359 e. The molecular formula is C16H18N4O3S2. The van der Waals surface area contributed by atoms with Crippen LogP contribution in [0.15, 0.2) is 47.8 Å². The summed E-state index contributed by atoms with van der Waals surface area (Å²) in [6.45, 7) is 0.627. The summed E-state index contributed by atoms with van der Waals surface area (Å²) in [6, 6.07) is 11.4. The zero-order valence-electron chi connectivity index (χ0n) is 13.6. The molecule has 7 nitrogen and oxygen atoms in total. The van der Waals surface area contributed by atoms with Crippen LogP contribution in [0, 0.1) is 0 Å². The van der Waals surface area contributed by atoms with Crippen LogP contribution < -0.4 is 4.31 Å². The van der Waals surface area contributed by atoms with E-state index in [0.717, 1.165) is 28.9 Å². The molecule has 9 heteroatoms. The zero-order valence-corrected chi connectivity index (χ0v) is 15.2. The van der Waals surface area contributed by atoms with Crippen molar-refractivity contribution in [3.63, 3.8) is 0 Å². The Labute approximate surface area is 150 Å². The molecule has 1 unspecified atom stereocenters. The number of benzene rings is 1. The molecule has 2 N–H and O–H groups in total. The summed E-state index contributed by atoms with van der Waals surface area (Å²) < 4.78 is 35.5. The molecular weight excluding hydrogens is 360 g/mol. The number of anilines is 1. The SMILES string of the molecule is C[S+]([O-])c1ncc2ccc(-c3cccc(N4CCCS4(O)O)c3)n2n1. The van der Waals surface area contributed by atoms with Gasteiger partial charge >= 0.3 is 5.16 Å². The summed E-state index contributed by atoms with van der Waals surface area (Å²) in [4.78, 5) is 4.11. The minimum atomic E-state index is -2.73. The third kappa shape index (κ3) is 2.98. The average Bonchev–Trinajstić information content (AvgIpc) is 3.16. The van der Waals surface area contributed by atoms with Gasteiger partial charge in [0.15, 0.2) is 0 Å². The van der Waals surface area contributed by atoms with Gasteiger partial charge in [-0.2, -0.15) is 4.98 Å². The summed E-state index contributed by atoms with van der Waals surface area (Å²) in [5, 5.41) is 4.64. The van der Waals surface area contributed by atoms with Crippen molar-refractivity contribution in [2.45, 2.75) is 11.6 Å². The molecule has 1 atom stereocenters. The van der Waals surface area contributed by atoms with E-state index in [0.29, 0.717) is 12.3 Å². The first kappa shape index (κ1) is 16.7. The summed E-state index contributed by atoms with van der Waals surface area (Å²) >= 11 is -1.26. The molecule has 1 aliphatic heterocycles. The number of hydrogen-bond donors (Lipinski definition) is 2. The zero-order chi connectivity index (χ0) is 17.6. The van der Waals surface area contributed by atoms with E-state index in [1.807, 2.05) is 36.4 Å². The van der Waals surface area contributed by atoms with Crippen LogP contribution in [0.25, 0.3) is 16.8 Å². The smallest absolute Gasteiger partial charge is 0.359 e. The van der Waals surface area contributed by atoms with E-state index >= 15 is 0 Å². The lowest BCUT2D eigenvalue weighted by Gasteiger charge is -2.38. The van der Waals surface area contributed by atoms with Crippen LogP contribution in [0.1, 0.15) is 6.42 Å². The molecule has 0 saturated carbocycles.